The maximum absolute atomic E-state index is 10.5. The Balaban J connectivity index is 0. The number of hydrogen-bond acceptors (Lipinski definition) is 2. The van der Waals surface area contributed by atoms with Crippen molar-refractivity contribution in [3.8, 4) is 0 Å². The number of carboxylic acids is 2. The van der Waals surface area contributed by atoms with Crippen molar-refractivity contribution >= 4 is 11.9 Å². The van der Waals surface area contributed by atoms with Gasteiger partial charge in [-0.1, -0.05) is 34.6 Å². The first kappa shape index (κ1) is 19.3. The molecule has 0 heterocycles. The van der Waals surface area contributed by atoms with Gasteiger partial charge in [-0.25, -0.2) is 0 Å². The van der Waals surface area contributed by atoms with Crippen LogP contribution >= 0.6 is 0 Å². The summed E-state index contributed by atoms with van der Waals surface area (Å²) in [6, 6.07) is 0. The summed E-state index contributed by atoms with van der Waals surface area (Å²) < 4.78 is 0. The Bertz CT molecular complexity index is 255. The van der Waals surface area contributed by atoms with E-state index in [0.29, 0.717) is 12.8 Å². The van der Waals surface area contributed by atoms with Crippen LogP contribution in [0.5, 0.6) is 0 Å². The zero-order valence-electron chi connectivity index (χ0n) is 12.5. The molecule has 0 bridgehead atoms. The number of hydrogen-bond donors (Lipinski definition) is 2. The maximum Gasteiger partial charge on any atom is 0.309 e. The van der Waals surface area contributed by atoms with E-state index in [1.807, 2.05) is 34.6 Å². The van der Waals surface area contributed by atoms with Crippen molar-refractivity contribution in [2.24, 2.45) is 17.3 Å². The smallest absolute Gasteiger partial charge is 0.309 e. The molecule has 0 aliphatic heterocycles. The SMILES string of the molecule is CCC(C(=O)O)C(C)C.CCC(C)(CC)C(=O)O. The highest BCUT2D eigenvalue weighted by atomic mass is 16.4. The van der Waals surface area contributed by atoms with Gasteiger partial charge in [0.05, 0.1) is 11.3 Å². The maximum atomic E-state index is 10.5. The first-order chi connectivity index (χ1) is 8.16. The van der Waals surface area contributed by atoms with E-state index in [1.165, 1.54) is 0 Å². The van der Waals surface area contributed by atoms with Crippen LogP contribution in [0.3, 0.4) is 0 Å². The van der Waals surface area contributed by atoms with Crippen molar-refractivity contribution in [3.63, 3.8) is 0 Å². The van der Waals surface area contributed by atoms with Crippen molar-refractivity contribution in [2.75, 3.05) is 0 Å². The lowest BCUT2D eigenvalue weighted by Crippen LogP contribution is -2.25. The summed E-state index contributed by atoms with van der Waals surface area (Å²) >= 11 is 0. The number of aliphatic carboxylic acids is 2. The molecule has 0 fully saturated rings. The van der Waals surface area contributed by atoms with E-state index in [0.717, 1.165) is 6.42 Å². The van der Waals surface area contributed by atoms with Crippen molar-refractivity contribution in [3.05, 3.63) is 0 Å². The Morgan fingerprint density at radius 2 is 1.44 bits per heavy atom. The average Bonchev–Trinajstić information content (AvgIpc) is 2.28. The Labute approximate surface area is 110 Å². The van der Waals surface area contributed by atoms with Crippen LogP contribution in [-0.4, -0.2) is 22.2 Å². The summed E-state index contributed by atoms with van der Waals surface area (Å²) in [5.41, 5.74) is -0.500. The lowest BCUT2D eigenvalue weighted by molar-refractivity contribution is -0.148. The van der Waals surface area contributed by atoms with Crippen LogP contribution in [0, 0.1) is 17.3 Å². The molecule has 0 radical (unpaired) electrons. The molecular formula is C14H28O4. The van der Waals surface area contributed by atoms with Gasteiger partial charge in [0.15, 0.2) is 0 Å². The van der Waals surface area contributed by atoms with Gasteiger partial charge in [-0.2, -0.15) is 0 Å². The molecule has 0 aliphatic carbocycles. The second-order valence-electron chi connectivity index (χ2n) is 5.17. The third kappa shape index (κ3) is 6.62. The minimum atomic E-state index is -0.687. The number of carboxylic acid groups (broad SMARTS) is 2. The van der Waals surface area contributed by atoms with Crippen LogP contribution in [-0.2, 0) is 9.59 Å². The minimum Gasteiger partial charge on any atom is -0.481 e. The molecule has 0 aromatic rings. The highest BCUT2D eigenvalue weighted by molar-refractivity contribution is 5.73. The first-order valence-corrected chi connectivity index (χ1v) is 6.62. The molecule has 0 amide bonds. The molecule has 0 aromatic carbocycles. The summed E-state index contributed by atoms with van der Waals surface area (Å²) in [4.78, 5) is 20.9. The van der Waals surface area contributed by atoms with Gasteiger partial charge >= 0.3 is 11.9 Å². The topological polar surface area (TPSA) is 74.6 Å². The number of rotatable bonds is 6. The van der Waals surface area contributed by atoms with E-state index in [2.05, 4.69) is 0 Å². The zero-order valence-corrected chi connectivity index (χ0v) is 12.5. The van der Waals surface area contributed by atoms with Crippen LogP contribution in [0.1, 0.15) is 60.8 Å². The Kier molecular flexibility index (Phi) is 9.59. The molecule has 0 aromatic heterocycles. The van der Waals surface area contributed by atoms with Gasteiger partial charge in [0.1, 0.15) is 0 Å². The predicted octanol–water partition coefficient (Wildman–Crippen LogP) is 3.65. The zero-order chi connectivity index (χ0) is 14.9. The molecule has 0 rings (SSSR count). The molecule has 0 saturated heterocycles. The fourth-order valence-electron chi connectivity index (χ4n) is 1.48. The van der Waals surface area contributed by atoms with E-state index in [9.17, 15) is 9.59 Å². The fraction of sp³-hybridized carbons (Fsp3) is 0.857. The van der Waals surface area contributed by atoms with E-state index in [4.69, 9.17) is 10.2 Å². The Morgan fingerprint density at radius 3 is 1.44 bits per heavy atom. The van der Waals surface area contributed by atoms with Crippen molar-refractivity contribution in [1.29, 1.82) is 0 Å². The average molecular weight is 260 g/mol. The van der Waals surface area contributed by atoms with Crippen LogP contribution < -0.4 is 0 Å². The summed E-state index contributed by atoms with van der Waals surface area (Å²) in [6.45, 7) is 11.3. The summed E-state index contributed by atoms with van der Waals surface area (Å²) in [6.07, 6.45) is 2.14. The Hall–Kier alpha value is -1.06. The van der Waals surface area contributed by atoms with Gasteiger partial charge in [0.25, 0.3) is 0 Å². The second-order valence-corrected chi connectivity index (χ2v) is 5.17. The van der Waals surface area contributed by atoms with Gasteiger partial charge < -0.3 is 10.2 Å². The standard InChI is InChI=1S/2C7H14O2/c1-4-7(3,5-2)6(8)9;1-4-6(5(2)3)7(8)9/h4-5H2,1-3H3,(H,8,9);5-6H,4H2,1-3H3,(H,8,9). The molecule has 108 valence electrons. The molecule has 1 atom stereocenters. The second kappa shape index (κ2) is 8.95. The van der Waals surface area contributed by atoms with Crippen LogP contribution in [0.15, 0.2) is 0 Å². The lowest BCUT2D eigenvalue weighted by atomic mass is 9.85. The van der Waals surface area contributed by atoms with Crippen molar-refractivity contribution in [2.45, 2.75) is 60.8 Å². The van der Waals surface area contributed by atoms with Crippen LogP contribution in [0.2, 0.25) is 0 Å². The third-order valence-electron chi connectivity index (χ3n) is 3.64. The van der Waals surface area contributed by atoms with Gasteiger partial charge in [-0.3, -0.25) is 9.59 Å². The summed E-state index contributed by atoms with van der Waals surface area (Å²) in [5, 5.41) is 17.2. The summed E-state index contributed by atoms with van der Waals surface area (Å²) in [5.74, 6) is -1.27. The molecule has 18 heavy (non-hydrogen) atoms. The molecule has 2 N–H and O–H groups in total. The molecule has 4 heteroatoms. The van der Waals surface area contributed by atoms with E-state index >= 15 is 0 Å². The first-order valence-electron chi connectivity index (χ1n) is 6.62. The van der Waals surface area contributed by atoms with Crippen LogP contribution in [0.4, 0.5) is 0 Å². The van der Waals surface area contributed by atoms with Gasteiger partial charge in [-0.05, 0) is 32.1 Å². The molecule has 4 nitrogen and oxygen atoms in total. The van der Waals surface area contributed by atoms with Gasteiger partial charge in [0, 0.05) is 0 Å². The summed E-state index contributed by atoms with van der Waals surface area (Å²) in [7, 11) is 0. The van der Waals surface area contributed by atoms with Crippen molar-refractivity contribution < 1.29 is 19.8 Å². The normalized spacial score (nSPS) is 12.6. The molecule has 0 aliphatic rings. The minimum absolute atomic E-state index is 0.162. The molecule has 1 unspecified atom stereocenters. The lowest BCUT2D eigenvalue weighted by Gasteiger charge is -2.19. The van der Waals surface area contributed by atoms with E-state index in [-0.39, 0.29) is 11.8 Å². The quantitative estimate of drug-likeness (QED) is 0.764. The number of carbonyl (C=O) groups is 2. The highest BCUT2D eigenvalue weighted by Crippen LogP contribution is 2.24. The van der Waals surface area contributed by atoms with Gasteiger partial charge in [-0.15, -0.1) is 0 Å². The van der Waals surface area contributed by atoms with Gasteiger partial charge in [0.2, 0.25) is 0 Å². The molecule has 0 spiro atoms. The molecule has 0 saturated carbocycles. The monoisotopic (exact) mass is 260 g/mol. The third-order valence-corrected chi connectivity index (χ3v) is 3.64. The van der Waals surface area contributed by atoms with E-state index in [1.54, 1.807) is 6.92 Å². The fourth-order valence-corrected chi connectivity index (χ4v) is 1.48. The largest absolute Gasteiger partial charge is 0.481 e. The van der Waals surface area contributed by atoms with Crippen molar-refractivity contribution in [1.82, 2.24) is 0 Å². The predicted molar refractivity (Wildman–Crippen MR) is 72.6 cm³/mol. The van der Waals surface area contributed by atoms with Crippen LogP contribution in [0.25, 0.3) is 0 Å². The highest BCUT2D eigenvalue weighted by Gasteiger charge is 2.28. The van der Waals surface area contributed by atoms with E-state index < -0.39 is 17.4 Å². The Morgan fingerprint density at radius 1 is 1.06 bits per heavy atom. The molecular weight excluding hydrogens is 232 g/mol.